The van der Waals surface area contributed by atoms with Crippen LogP contribution in [0.3, 0.4) is 0 Å². The summed E-state index contributed by atoms with van der Waals surface area (Å²) in [6.45, 7) is 3.21. The Morgan fingerprint density at radius 3 is 2.62 bits per heavy atom. The summed E-state index contributed by atoms with van der Waals surface area (Å²) in [6.07, 6.45) is 8.45. The van der Waals surface area contributed by atoms with Gasteiger partial charge in [0.2, 0.25) is 5.91 Å². The molecule has 3 heteroatoms. The van der Waals surface area contributed by atoms with Crippen LogP contribution >= 0.6 is 0 Å². The van der Waals surface area contributed by atoms with Crippen LogP contribution in [0.2, 0.25) is 0 Å². The number of nitrogens with one attached hydrogen (secondary N) is 1. The first-order valence-corrected chi connectivity index (χ1v) is 6.83. The van der Waals surface area contributed by atoms with Gasteiger partial charge >= 0.3 is 0 Å². The highest BCUT2D eigenvalue weighted by atomic mass is 16.2. The molecule has 2 aliphatic carbocycles. The van der Waals surface area contributed by atoms with Crippen molar-refractivity contribution in [3.8, 4) is 0 Å². The lowest BCUT2D eigenvalue weighted by molar-refractivity contribution is -0.138. The molecule has 1 saturated heterocycles. The van der Waals surface area contributed by atoms with Crippen LogP contribution in [0.25, 0.3) is 0 Å². The Kier molecular flexibility index (Phi) is 2.46. The van der Waals surface area contributed by atoms with Crippen molar-refractivity contribution < 1.29 is 4.79 Å². The zero-order chi connectivity index (χ0) is 11.2. The smallest absolute Gasteiger partial charge is 0.240 e. The molecule has 3 nitrogen and oxygen atoms in total. The van der Waals surface area contributed by atoms with E-state index >= 15 is 0 Å². The fraction of sp³-hybridized carbons (Fsp3) is 0.923. The summed E-state index contributed by atoms with van der Waals surface area (Å²) in [5, 5.41) is 3.49. The molecule has 1 aliphatic heterocycles. The predicted octanol–water partition coefficient (Wildman–Crippen LogP) is 1.67. The molecule has 0 aromatic rings. The maximum Gasteiger partial charge on any atom is 0.240 e. The average Bonchev–Trinajstić information content (AvgIpc) is 2.96. The van der Waals surface area contributed by atoms with Crippen LogP contribution in [0.15, 0.2) is 0 Å². The molecule has 1 atom stereocenters. The van der Waals surface area contributed by atoms with Crippen LogP contribution in [0.1, 0.15) is 51.9 Å². The van der Waals surface area contributed by atoms with E-state index in [2.05, 4.69) is 17.1 Å². The number of amides is 1. The van der Waals surface area contributed by atoms with Crippen LogP contribution in [0.4, 0.5) is 0 Å². The number of likely N-dealkylation sites (tertiary alicyclic amines) is 1. The minimum Gasteiger partial charge on any atom is -0.336 e. The summed E-state index contributed by atoms with van der Waals surface area (Å²) in [5.74, 6) is 0.383. The van der Waals surface area contributed by atoms with E-state index in [1.165, 1.54) is 32.1 Å². The molecule has 0 aromatic heterocycles. The predicted molar refractivity (Wildman–Crippen MR) is 63.1 cm³/mol. The maximum atomic E-state index is 12.3. The van der Waals surface area contributed by atoms with Crippen molar-refractivity contribution in [3.05, 3.63) is 0 Å². The van der Waals surface area contributed by atoms with Gasteiger partial charge in [0.25, 0.3) is 0 Å². The van der Waals surface area contributed by atoms with Crippen molar-refractivity contribution in [3.63, 3.8) is 0 Å². The van der Waals surface area contributed by atoms with Crippen LogP contribution in [0.5, 0.6) is 0 Å². The maximum absolute atomic E-state index is 12.3. The summed E-state index contributed by atoms with van der Waals surface area (Å²) in [4.78, 5) is 14.5. The first-order valence-electron chi connectivity index (χ1n) is 6.83. The average molecular weight is 222 g/mol. The second-order valence-corrected chi connectivity index (χ2v) is 5.70. The quantitative estimate of drug-likeness (QED) is 0.785. The molecule has 3 rings (SSSR count). The van der Waals surface area contributed by atoms with E-state index in [0.29, 0.717) is 11.9 Å². The Bertz CT molecular complexity index is 289. The summed E-state index contributed by atoms with van der Waals surface area (Å²) in [7, 11) is 0. The lowest BCUT2D eigenvalue weighted by Gasteiger charge is -2.48. The summed E-state index contributed by atoms with van der Waals surface area (Å²) in [6, 6.07) is 0.782. The highest BCUT2D eigenvalue weighted by Gasteiger charge is 2.48. The van der Waals surface area contributed by atoms with Crippen LogP contribution in [0, 0.1) is 0 Å². The van der Waals surface area contributed by atoms with E-state index in [1.807, 2.05) is 0 Å². The summed E-state index contributed by atoms with van der Waals surface area (Å²) in [5.41, 5.74) is 0.247. The molecule has 1 N–H and O–H groups in total. The molecule has 0 bridgehead atoms. The fourth-order valence-corrected chi connectivity index (χ4v) is 3.24. The third-order valence-corrected chi connectivity index (χ3v) is 4.73. The first kappa shape index (κ1) is 10.6. The molecule has 2 saturated carbocycles. The van der Waals surface area contributed by atoms with Crippen LogP contribution in [-0.4, -0.2) is 35.0 Å². The van der Waals surface area contributed by atoms with E-state index in [1.54, 1.807) is 0 Å². The van der Waals surface area contributed by atoms with Crippen molar-refractivity contribution in [1.82, 2.24) is 10.2 Å². The number of nitrogens with zero attached hydrogens (tertiary/aromatic N) is 1. The Morgan fingerprint density at radius 2 is 2.12 bits per heavy atom. The van der Waals surface area contributed by atoms with Gasteiger partial charge in [-0.3, -0.25) is 4.79 Å². The fourth-order valence-electron chi connectivity index (χ4n) is 3.24. The molecule has 1 amide bonds. The molecule has 3 fully saturated rings. The lowest BCUT2D eigenvalue weighted by Crippen LogP contribution is -2.55. The summed E-state index contributed by atoms with van der Waals surface area (Å²) >= 11 is 0. The van der Waals surface area contributed by atoms with E-state index < -0.39 is 0 Å². The Morgan fingerprint density at radius 1 is 1.38 bits per heavy atom. The van der Waals surface area contributed by atoms with Crippen molar-refractivity contribution in [1.29, 1.82) is 0 Å². The SMILES string of the molecule is CCC1(N2CCC(NC3CC3)C2=O)CCC1. The largest absolute Gasteiger partial charge is 0.336 e. The monoisotopic (exact) mass is 222 g/mol. The van der Waals surface area contributed by atoms with Gasteiger partial charge in [-0.15, -0.1) is 0 Å². The van der Waals surface area contributed by atoms with Gasteiger partial charge in [0.05, 0.1) is 6.04 Å². The zero-order valence-corrected chi connectivity index (χ0v) is 10.2. The molecule has 0 aromatic carbocycles. The molecular weight excluding hydrogens is 200 g/mol. The minimum atomic E-state index is 0.136. The molecule has 3 aliphatic rings. The van der Waals surface area contributed by atoms with Crippen LogP contribution in [-0.2, 0) is 4.79 Å². The van der Waals surface area contributed by atoms with E-state index in [4.69, 9.17) is 0 Å². The Hall–Kier alpha value is -0.570. The molecular formula is C13H22N2O. The second kappa shape index (κ2) is 3.73. The van der Waals surface area contributed by atoms with Crippen molar-refractivity contribution in [2.24, 2.45) is 0 Å². The summed E-state index contributed by atoms with van der Waals surface area (Å²) < 4.78 is 0. The van der Waals surface area contributed by atoms with Gasteiger partial charge in [-0.05, 0) is 44.9 Å². The molecule has 90 valence electrons. The van der Waals surface area contributed by atoms with Crippen LogP contribution < -0.4 is 5.32 Å². The van der Waals surface area contributed by atoms with Gasteiger partial charge in [0.15, 0.2) is 0 Å². The topological polar surface area (TPSA) is 32.3 Å². The van der Waals surface area contributed by atoms with Gasteiger partial charge < -0.3 is 10.2 Å². The highest BCUT2D eigenvalue weighted by Crippen LogP contribution is 2.42. The molecule has 0 spiro atoms. The molecule has 1 unspecified atom stereocenters. The van der Waals surface area contributed by atoms with Gasteiger partial charge in [0, 0.05) is 18.1 Å². The van der Waals surface area contributed by atoms with Gasteiger partial charge in [0.1, 0.15) is 0 Å². The normalized spacial score (nSPS) is 32.9. The first-order chi connectivity index (χ1) is 7.75. The standard InChI is InChI=1S/C13H22N2O/c1-2-13(7-3-8-13)15-9-6-11(12(15)16)14-10-4-5-10/h10-11,14H,2-9H2,1H3. The number of hydrogen-bond donors (Lipinski definition) is 1. The Balaban J connectivity index is 1.66. The number of carbonyl (C=O) groups excluding carboxylic acids is 1. The van der Waals surface area contributed by atoms with Gasteiger partial charge in [-0.25, -0.2) is 0 Å². The number of hydrogen-bond acceptors (Lipinski definition) is 2. The van der Waals surface area contributed by atoms with E-state index in [9.17, 15) is 4.79 Å². The molecule has 0 radical (unpaired) electrons. The van der Waals surface area contributed by atoms with Gasteiger partial charge in [-0.1, -0.05) is 6.92 Å². The van der Waals surface area contributed by atoms with Crippen molar-refractivity contribution in [2.45, 2.75) is 69.5 Å². The van der Waals surface area contributed by atoms with Gasteiger partial charge in [-0.2, -0.15) is 0 Å². The highest BCUT2D eigenvalue weighted by molar-refractivity contribution is 5.85. The molecule has 1 heterocycles. The van der Waals surface area contributed by atoms with Crippen molar-refractivity contribution in [2.75, 3.05) is 6.54 Å². The van der Waals surface area contributed by atoms with Crippen molar-refractivity contribution >= 4 is 5.91 Å². The minimum absolute atomic E-state index is 0.136. The molecule has 16 heavy (non-hydrogen) atoms. The second-order valence-electron chi connectivity index (χ2n) is 5.70. The van der Waals surface area contributed by atoms with E-state index in [-0.39, 0.29) is 11.6 Å². The van der Waals surface area contributed by atoms with E-state index in [0.717, 1.165) is 19.4 Å². The third kappa shape index (κ3) is 1.56. The zero-order valence-electron chi connectivity index (χ0n) is 10.2. The number of carbonyl (C=O) groups is 1. The Labute approximate surface area is 97.6 Å². The lowest BCUT2D eigenvalue weighted by atomic mass is 9.73. The third-order valence-electron chi connectivity index (χ3n) is 4.73. The number of rotatable bonds is 4.